The van der Waals surface area contributed by atoms with E-state index in [1.54, 1.807) is 0 Å². The fourth-order valence-electron chi connectivity index (χ4n) is 0. The third-order valence-corrected chi connectivity index (χ3v) is 0.287. The first kappa shape index (κ1) is 9.45. The van der Waals surface area contributed by atoms with Crippen LogP contribution in [0.5, 0.6) is 0 Å². The van der Waals surface area contributed by atoms with Crippen molar-refractivity contribution in [2.24, 2.45) is 0 Å². The van der Waals surface area contributed by atoms with E-state index in [1.807, 2.05) is 0 Å². The van der Waals surface area contributed by atoms with E-state index in [-0.39, 0.29) is 26.1 Å². The summed E-state index contributed by atoms with van der Waals surface area (Å²) in [6.45, 7) is 1.36. The first-order chi connectivity index (χ1) is 2.27. The van der Waals surface area contributed by atoms with Gasteiger partial charge >= 0.3 is 5.97 Å². The van der Waals surface area contributed by atoms with E-state index in [4.69, 9.17) is 0 Å². The molecule has 0 saturated carbocycles. The molecule has 0 aliphatic carbocycles. The van der Waals surface area contributed by atoms with Crippen LogP contribution in [0.4, 0.5) is 0 Å². The molecule has 2 nitrogen and oxygen atoms in total. The quantitative estimate of drug-likeness (QED) is 0.585. The van der Waals surface area contributed by atoms with Crippen molar-refractivity contribution in [3.8, 4) is 0 Å². The van der Waals surface area contributed by atoms with Crippen molar-refractivity contribution in [3.63, 3.8) is 0 Å². The molecule has 0 aromatic carbocycles. The Morgan fingerprint density at radius 2 is 1.83 bits per heavy atom. The van der Waals surface area contributed by atoms with Gasteiger partial charge < -0.3 is 4.74 Å². The fourth-order valence-corrected chi connectivity index (χ4v) is 0. The molecule has 0 aromatic heterocycles. The van der Waals surface area contributed by atoms with Gasteiger partial charge in [-0.05, 0) is 0 Å². The molecule has 0 bridgehead atoms. The minimum Gasteiger partial charge on any atom is -0.469 e. The van der Waals surface area contributed by atoms with Gasteiger partial charge in [-0.15, -0.1) is 0 Å². The third-order valence-electron chi connectivity index (χ3n) is 0.287. The molecular formula is C3H6IrO2. The molecule has 0 aliphatic heterocycles. The predicted molar refractivity (Wildman–Crippen MR) is 17.7 cm³/mol. The smallest absolute Gasteiger partial charge is 0.302 e. The van der Waals surface area contributed by atoms with Gasteiger partial charge in [0.2, 0.25) is 0 Å². The third kappa shape index (κ3) is 8.92. The number of methoxy groups -OCH3 is 1. The Hall–Kier alpha value is 0.119. The monoisotopic (exact) mass is 267 g/mol. The minimum absolute atomic E-state index is 0. The molecule has 0 fully saturated rings. The normalized spacial score (nSPS) is 5.67. The molecule has 0 aromatic rings. The fraction of sp³-hybridized carbons (Fsp3) is 0.667. The van der Waals surface area contributed by atoms with Crippen LogP contribution in [0.2, 0.25) is 0 Å². The molecule has 0 atom stereocenters. The van der Waals surface area contributed by atoms with Gasteiger partial charge in [-0.1, -0.05) is 0 Å². The van der Waals surface area contributed by atoms with E-state index in [0.717, 1.165) is 0 Å². The molecule has 0 saturated heterocycles. The van der Waals surface area contributed by atoms with Crippen LogP contribution in [0.15, 0.2) is 0 Å². The number of hydrogen-bond acceptors (Lipinski definition) is 2. The molecule has 0 N–H and O–H groups in total. The van der Waals surface area contributed by atoms with Gasteiger partial charge in [-0.25, -0.2) is 0 Å². The number of ether oxygens (including phenoxy) is 1. The predicted octanol–water partition coefficient (Wildman–Crippen LogP) is 0.177. The summed E-state index contributed by atoms with van der Waals surface area (Å²) >= 11 is 0. The van der Waals surface area contributed by atoms with Gasteiger partial charge in [0.05, 0.1) is 7.11 Å². The molecule has 0 amide bonds. The summed E-state index contributed by atoms with van der Waals surface area (Å²) in [7, 11) is 1.35. The Balaban J connectivity index is 0. The van der Waals surface area contributed by atoms with Crippen LogP contribution in [0.3, 0.4) is 0 Å². The van der Waals surface area contributed by atoms with E-state index in [2.05, 4.69) is 4.74 Å². The Kier molecular flexibility index (Phi) is 8.06. The van der Waals surface area contributed by atoms with Crippen LogP contribution in [-0.2, 0) is 29.6 Å². The standard InChI is InChI=1S/C3H6O2.Ir/c1-3(4)5-2;/h1-2H3;. The summed E-state index contributed by atoms with van der Waals surface area (Å²) in [5.41, 5.74) is 0. The Morgan fingerprint density at radius 1 is 1.67 bits per heavy atom. The van der Waals surface area contributed by atoms with Crippen LogP contribution in [0.1, 0.15) is 6.92 Å². The number of hydrogen-bond donors (Lipinski definition) is 0. The topological polar surface area (TPSA) is 26.3 Å². The Morgan fingerprint density at radius 3 is 1.83 bits per heavy atom. The second-order valence-electron chi connectivity index (χ2n) is 0.696. The number of rotatable bonds is 0. The summed E-state index contributed by atoms with van der Waals surface area (Å²) in [5, 5.41) is 0. The second-order valence-corrected chi connectivity index (χ2v) is 0.696. The van der Waals surface area contributed by atoms with Crippen LogP contribution in [0.25, 0.3) is 0 Å². The van der Waals surface area contributed by atoms with E-state index >= 15 is 0 Å². The van der Waals surface area contributed by atoms with Gasteiger partial charge in [-0.2, -0.15) is 0 Å². The van der Waals surface area contributed by atoms with Gasteiger partial charge in [0.15, 0.2) is 0 Å². The molecule has 39 valence electrons. The van der Waals surface area contributed by atoms with Crippen molar-refractivity contribution in [2.45, 2.75) is 6.92 Å². The Bertz CT molecular complexity index is 44.1. The molecule has 0 unspecified atom stereocenters. The summed E-state index contributed by atoms with van der Waals surface area (Å²) in [4.78, 5) is 9.59. The zero-order valence-electron chi connectivity index (χ0n) is 3.65. The van der Waals surface area contributed by atoms with Crippen LogP contribution < -0.4 is 0 Å². The Labute approximate surface area is 50.2 Å². The van der Waals surface area contributed by atoms with Crippen LogP contribution in [0, 0.1) is 0 Å². The zero-order valence-corrected chi connectivity index (χ0v) is 6.04. The second kappa shape index (κ2) is 5.12. The van der Waals surface area contributed by atoms with E-state index in [1.165, 1.54) is 14.0 Å². The molecule has 6 heavy (non-hydrogen) atoms. The summed E-state index contributed by atoms with van der Waals surface area (Å²) < 4.78 is 4.11. The molecule has 0 spiro atoms. The van der Waals surface area contributed by atoms with E-state index < -0.39 is 0 Å². The minimum atomic E-state index is -0.245. The van der Waals surface area contributed by atoms with Crippen molar-refractivity contribution < 1.29 is 29.6 Å². The molecule has 3 heteroatoms. The largest absolute Gasteiger partial charge is 0.469 e. The summed E-state index contributed by atoms with van der Waals surface area (Å²) in [5.74, 6) is -0.245. The molecule has 1 radical (unpaired) electrons. The average molecular weight is 266 g/mol. The van der Waals surface area contributed by atoms with Crippen molar-refractivity contribution in [1.82, 2.24) is 0 Å². The molecule has 0 heterocycles. The molecular weight excluding hydrogens is 260 g/mol. The van der Waals surface area contributed by atoms with Gasteiger partial charge in [0.1, 0.15) is 0 Å². The maximum Gasteiger partial charge on any atom is 0.302 e. The van der Waals surface area contributed by atoms with Crippen molar-refractivity contribution in [1.29, 1.82) is 0 Å². The maximum absolute atomic E-state index is 9.59. The molecule has 0 rings (SSSR count). The zero-order chi connectivity index (χ0) is 4.28. The van der Waals surface area contributed by atoms with Crippen LogP contribution >= 0.6 is 0 Å². The maximum atomic E-state index is 9.59. The van der Waals surface area contributed by atoms with Crippen molar-refractivity contribution in [3.05, 3.63) is 0 Å². The number of carbonyl (C=O) groups excluding carboxylic acids is 1. The van der Waals surface area contributed by atoms with Crippen molar-refractivity contribution >= 4 is 5.97 Å². The SMILES string of the molecule is COC(C)=O.[Ir]. The van der Waals surface area contributed by atoms with E-state index in [0.29, 0.717) is 0 Å². The summed E-state index contributed by atoms with van der Waals surface area (Å²) in [6.07, 6.45) is 0. The first-order valence-corrected chi connectivity index (χ1v) is 1.32. The summed E-state index contributed by atoms with van der Waals surface area (Å²) in [6, 6.07) is 0. The van der Waals surface area contributed by atoms with Gasteiger partial charge in [0.25, 0.3) is 0 Å². The van der Waals surface area contributed by atoms with Gasteiger partial charge in [-0.3, -0.25) is 4.79 Å². The van der Waals surface area contributed by atoms with Gasteiger partial charge in [0, 0.05) is 27.0 Å². The van der Waals surface area contributed by atoms with Crippen LogP contribution in [-0.4, -0.2) is 13.1 Å². The number of carbonyl (C=O) groups is 1. The molecule has 0 aliphatic rings. The number of esters is 1. The van der Waals surface area contributed by atoms with E-state index in [9.17, 15) is 4.79 Å². The van der Waals surface area contributed by atoms with Crippen molar-refractivity contribution in [2.75, 3.05) is 7.11 Å². The first-order valence-electron chi connectivity index (χ1n) is 1.32. The average Bonchev–Trinajstić information content (AvgIpc) is 1.38.